The molecule has 15 heavy (non-hydrogen) atoms. The number of hydrogen-bond acceptors (Lipinski definition) is 3. The lowest BCUT2D eigenvalue weighted by Gasteiger charge is -2.07. The van der Waals surface area contributed by atoms with E-state index in [0.717, 1.165) is 5.56 Å². The SMILES string of the molecule is Oc1cccc(CC(O)c2ccco2)c1. The van der Waals surface area contributed by atoms with E-state index in [1.54, 1.807) is 30.3 Å². The molecule has 0 saturated carbocycles. The minimum atomic E-state index is -0.665. The molecule has 1 atom stereocenters. The van der Waals surface area contributed by atoms with Gasteiger partial charge in [0.25, 0.3) is 0 Å². The third-order valence-electron chi connectivity index (χ3n) is 2.21. The van der Waals surface area contributed by atoms with Gasteiger partial charge >= 0.3 is 0 Å². The first-order chi connectivity index (χ1) is 7.25. The molecule has 0 saturated heterocycles. The van der Waals surface area contributed by atoms with Crippen LogP contribution in [0.5, 0.6) is 5.75 Å². The number of furan rings is 1. The Bertz CT molecular complexity index is 420. The average Bonchev–Trinajstić information content (AvgIpc) is 2.70. The van der Waals surface area contributed by atoms with Crippen LogP contribution in [-0.2, 0) is 6.42 Å². The smallest absolute Gasteiger partial charge is 0.132 e. The summed E-state index contributed by atoms with van der Waals surface area (Å²) in [5, 5.41) is 19.0. The molecule has 0 amide bonds. The van der Waals surface area contributed by atoms with E-state index < -0.39 is 6.10 Å². The quantitative estimate of drug-likeness (QED) is 0.806. The van der Waals surface area contributed by atoms with Crippen LogP contribution in [-0.4, -0.2) is 10.2 Å². The molecule has 1 aromatic heterocycles. The molecule has 0 aliphatic carbocycles. The van der Waals surface area contributed by atoms with Crippen molar-refractivity contribution >= 4 is 0 Å². The van der Waals surface area contributed by atoms with Gasteiger partial charge in [-0.25, -0.2) is 0 Å². The molecule has 2 aromatic rings. The van der Waals surface area contributed by atoms with Gasteiger partial charge in [-0.3, -0.25) is 0 Å². The van der Waals surface area contributed by atoms with E-state index >= 15 is 0 Å². The van der Waals surface area contributed by atoms with Crippen molar-refractivity contribution < 1.29 is 14.6 Å². The number of phenols is 1. The van der Waals surface area contributed by atoms with Gasteiger partial charge in [0, 0.05) is 6.42 Å². The summed E-state index contributed by atoms with van der Waals surface area (Å²) in [6.07, 6.45) is 1.30. The topological polar surface area (TPSA) is 53.6 Å². The Morgan fingerprint density at radius 1 is 1.20 bits per heavy atom. The molecule has 3 heteroatoms. The zero-order valence-corrected chi connectivity index (χ0v) is 8.13. The van der Waals surface area contributed by atoms with Gasteiger partial charge in [-0.2, -0.15) is 0 Å². The monoisotopic (exact) mass is 204 g/mol. The van der Waals surface area contributed by atoms with Gasteiger partial charge in [0.05, 0.1) is 6.26 Å². The maximum atomic E-state index is 9.78. The standard InChI is InChI=1S/C12H12O3/c13-10-4-1-3-9(7-10)8-11(14)12-5-2-6-15-12/h1-7,11,13-14H,8H2. The van der Waals surface area contributed by atoms with Crippen LogP contribution in [0.15, 0.2) is 47.1 Å². The van der Waals surface area contributed by atoms with Gasteiger partial charge < -0.3 is 14.6 Å². The highest BCUT2D eigenvalue weighted by Crippen LogP contribution is 2.20. The Hall–Kier alpha value is -1.74. The summed E-state index contributed by atoms with van der Waals surface area (Å²) in [7, 11) is 0. The van der Waals surface area contributed by atoms with Crippen molar-refractivity contribution in [3.63, 3.8) is 0 Å². The van der Waals surface area contributed by atoms with Gasteiger partial charge in [0.2, 0.25) is 0 Å². The molecule has 2 rings (SSSR count). The number of hydrogen-bond donors (Lipinski definition) is 2. The van der Waals surface area contributed by atoms with Crippen LogP contribution >= 0.6 is 0 Å². The maximum Gasteiger partial charge on any atom is 0.132 e. The lowest BCUT2D eigenvalue weighted by Crippen LogP contribution is -1.99. The average molecular weight is 204 g/mol. The fourth-order valence-electron chi connectivity index (χ4n) is 1.49. The van der Waals surface area contributed by atoms with Crippen LogP contribution in [0.1, 0.15) is 17.4 Å². The van der Waals surface area contributed by atoms with Crippen LogP contribution in [0.3, 0.4) is 0 Å². The predicted octanol–water partition coefficient (Wildman–Crippen LogP) is 2.26. The van der Waals surface area contributed by atoms with Crippen LogP contribution in [0, 0.1) is 0 Å². The van der Waals surface area contributed by atoms with Crippen molar-refractivity contribution in [2.75, 3.05) is 0 Å². The molecule has 0 radical (unpaired) electrons. The molecule has 0 bridgehead atoms. The molecule has 0 aliphatic heterocycles. The van der Waals surface area contributed by atoms with E-state index in [4.69, 9.17) is 4.42 Å². The number of aliphatic hydroxyl groups is 1. The van der Waals surface area contributed by atoms with Gasteiger partial charge in [0.1, 0.15) is 17.6 Å². The van der Waals surface area contributed by atoms with E-state index in [0.29, 0.717) is 12.2 Å². The lowest BCUT2D eigenvalue weighted by atomic mass is 10.1. The van der Waals surface area contributed by atoms with Crippen molar-refractivity contribution in [1.82, 2.24) is 0 Å². The first-order valence-corrected chi connectivity index (χ1v) is 4.75. The maximum absolute atomic E-state index is 9.78. The second kappa shape index (κ2) is 4.19. The molecule has 1 aromatic carbocycles. The summed E-state index contributed by atoms with van der Waals surface area (Å²) in [5.74, 6) is 0.748. The minimum Gasteiger partial charge on any atom is -0.508 e. The van der Waals surface area contributed by atoms with E-state index in [9.17, 15) is 10.2 Å². The number of benzene rings is 1. The molecule has 0 fully saturated rings. The molecule has 2 N–H and O–H groups in total. The second-order valence-electron chi connectivity index (χ2n) is 3.41. The number of aliphatic hydroxyl groups excluding tert-OH is 1. The fourth-order valence-corrected chi connectivity index (χ4v) is 1.49. The third kappa shape index (κ3) is 2.39. The molecule has 3 nitrogen and oxygen atoms in total. The summed E-state index contributed by atoms with van der Waals surface area (Å²) in [6.45, 7) is 0. The lowest BCUT2D eigenvalue weighted by molar-refractivity contribution is 0.150. The second-order valence-corrected chi connectivity index (χ2v) is 3.41. The number of phenolic OH excluding ortho intramolecular Hbond substituents is 1. The van der Waals surface area contributed by atoms with Gasteiger partial charge in [-0.1, -0.05) is 12.1 Å². The van der Waals surface area contributed by atoms with Crippen molar-refractivity contribution in [1.29, 1.82) is 0 Å². The normalized spacial score (nSPS) is 12.6. The first-order valence-electron chi connectivity index (χ1n) is 4.75. The van der Waals surface area contributed by atoms with Crippen LogP contribution in [0.25, 0.3) is 0 Å². The minimum absolute atomic E-state index is 0.208. The summed E-state index contributed by atoms with van der Waals surface area (Å²) in [6, 6.07) is 10.3. The zero-order chi connectivity index (χ0) is 10.7. The van der Waals surface area contributed by atoms with Gasteiger partial charge in [-0.15, -0.1) is 0 Å². The molecule has 78 valence electrons. The Balaban J connectivity index is 2.09. The predicted molar refractivity (Wildman–Crippen MR) is 55.5 cm³/mol. The van der Waals surface area contributed by atoms with Crippen LogP contribution in [0.2, 0.25) is 0 Å². The largest absolute Gasteiger partial charge is 0.508 e. The first kappa shape index (κ1) is 9.80. The summed E-state index contributed by atoms with van der Waals surface area (Å²) in [5.41, 5.74) is 0.874. The summed E-state index contributed by atoms with van der Waals surface area (Å²) in [4.78, 5) is 0. The van der Waals surface area contributed by atoms with Gasteiger partial charge in [0.15, 0.2) is 0 Å². The van der Waals surface area contributed by atoms with Crippen molar-refractivity contribution in [3.8, 4) is 5.75 Å². The highest BCUT2D eigenvalue weighted by Gasteiger charge is 2.11. The Kier molecular flexibility index (Phi) is 2.74. The third-order valence-corrected chi connectivity index (χ3v) is 2.21. The molecular weight excluding hydrogens is 192 g/mol. The zero-order valence-electron chi connectivity index (χ0n) is 8.13. The highest BCUT2D eigenvalue weighted by molar-refractivity contribution is 5.28. The summed E-state index contributed by atoms with van der Waals surface area (Å²) >= 11 is 0. The van der Waals surface area contributed by atoms with Crippen molar-refractivity contribution in [2.45, 2.75) is 12.5 Å². The van der Waals surface area contributed by atoms with E-state index in [1.165, 1.54) is 6.26 Å². The molecular formula is C12H12O3. The van der Waals surface area contributed by atoms with E-state index in [2.05, 4.69) is 0 Å². The fraction of sp³-hybridized carbons (Fsp3) is 0.167. The molecule has 0 spiro atoms. The van der Waals surface area contributed by atoms with Crippen molar-refractivity contribution in [2.24, 2.45) is 0 Å². The Labute approximate surface area is 87.6 Å². The molecule has 1 unspecified atom stereocenters. The van der Waals surface area contributed by atoms with E-state index in [1.807, 2.05) is 6.07 Å². The van der Waals surface area contributed by atoms with Crippen LogP contribution < -0.4 is 0 Å². The molecule has 1 heterocycles. The molecule has 0 aliphatic rings. The van der Waals surface area contributed by atoms with Crippen LogP contribution in [0.4, 0.5) is 0 Å². The number of aromatic hydroxyl groups is 1. The van der Waals surface area contributed by atoms with E-state index in [-0.39, 0.29) is 5.75 Å². The van der Waals surface area contributed by atoms with Gasteiger partial charge in [-0.05, 0) is 29.8 Å². The summed E-state index contributed by atoms with van der Waals surface area (Å²) < 4.78 is 5.09. The number of rotatable bonds is 3. The Morgan fingerprint density at radius 3 is 2.73 bits per heavy atom. The Morgan fingerprint density at radius 2 is 2.07 bits per heavy atom. The van der Waals surface area contributed by atoms with Crippen molar-refractivity contribution in [3.05, 3.63) is 54.0 Å². The highest BCUT2D eigenvalue weighted by atomic mass is 16.4.